The average Bonchev–Trinajstić information content (AvgIpc) is 3.19. The van der Waals surface area contributed by atoms with E-state index in [1.807, 2.05) is 17.9 Å². The molecule has 0 bridgehead atoms. The Bertz CT molecular complexity index is 774. The van der Waals surface area contributed by atoms with Gasteiger partial charge in [0.2, 0.25) is 0 Å². The molecule has 0 spiro atoms. The molecule has 0 atom stereocenters. The number of pyridine rings is 1. The van der Waals surface area contributed by atoms with E-state index in [-0.39, 0.29) is 0 Å². The van der Waals surface area contributed by atoms with E-state index in [2.05, 4.69) is 34.5 Å². The van der Waals surface area contributed by atoms with Gasteiger partial charge < -0.3 is 10.1 Å². The van der Waals surface area contributed by atoms with Crippen LogP contribution in [0.5, 0.6) is 0 Å². The first kappa shape index (κ1) is 15.3. The predicted molar refractivity (Wildman–Crippen MR) is 93.6 cm³/mol. The Morgan fingerprint density at radius 3 is 2.92 bits per heavy atom. The van der Waals surface area contributed by atoms with Crippen molar-refractivity contribution in [3.8, 4) is 0 Å². The monoisotopic (exact) mass is 325 g/mol. The summed E-state index contributed by atoms with van der Waals surface area (Å²) in [5.74, 6) is 0.930. The van der Waals surface area contributed by atoms with E-state index in [9.17, 15) is 0 Å². The third-order valence-electron chi connectivity index (χ3n) is 4.83. The Labute approximate surface area is 142 Å². The number of rotatable bonds is 4. The van der Waals surface area contributed by atoms with Crippen molar-refractivity contribution >= 4 is 11.5 Å². The molecule has 1 N–H and O–H groups in total. The third-order valence-corrected chi connectivity index (χ3v) is 4.83. The van der Waals surface area contributed by atoms with Crippen LogP contribution in [0, 0.1) is 0 Å². The zero-order valence-electron chi connectivity index (χ0n) is 14.2. The van der Waals surface area contributed by atoms with E-state index in [0.29, 0.717) is 12.6 Å². The molecule has 4 heterocycles. The standard InChI is InChI=1S/C18H23N5O/c1-3-14-10-15(22-23(14)2)17-16-12(11-20-17)4-7-19-18(16)21-13-5-8-24-9-6-13/h4,7,10,13H,3,5-6,8-9,11H2,1-2H3,(H,19,21). The van der Waals surface area contributed by atoms with Gasteiger partial charge in [0.1, 0.15) is 11.5 Å². The Balaban J connectivity index is 1.67. The molecule has 0 saturated carbocycles. The highest BCUT2D eigenvalue weighted by Gasteiger charge is 2.26. The molecule has 6 heteroatoms. The Morgan fingerprint density at radius 2 is 2.17 bits per heavy atom. The molecule has 1 saturated heterocycles. The minimum Gasteiger partial charge on any atom is -0.381 e. The molecule has 0 amide bonds. The zero-order valence-corrected chi connectivity index (χ0v) is 14.2. The van der Waals surface area contributed by atoms with Gasteiger partial charge in [0.15, 0.2) is 0 Å². The normalized spacial score (nSPS) is 17.7. The number of hydrogen-bond donors (Lipinski definition) is 1. The number of aryl methyl sites for hydroxylation is 2. The van der Waals surface area contributed by atoms with Crippen LogP contribution in [-0.4, -0.2) is 39.7 Å². The average molecular weight is 325 g/mol. The van der Waals surface area contributed by atoms with Crippen LogP contribution in [0.25, 0.3) is 0 Å². The molecular formula is C18H23N5O. The van der Waals surface area contributed by atoms with Crippen LogP contribution in [0.3, 0.4) is 0 Å². The number of anilines is 1. The number of ether oxygens (including phenoxy) is 1. The highest BCUT2D eigenvalue weighted by Crippen LogP contribution is 2.29. The summed E-state index contributed by atoms with van der Waals surface area (Å²) in [4.78, 5) is 9.35. The van der Waals surface area contributed by atoms with E-state index in [4.69, 9.17) is 9.73 Å². The molecule has 1 fully saturated rings. The van der Waals surface area contributed by atoms with Crippen molar-refractivity contribution in [3.63, 3.8) is 0 Å². The van der Waals surface area contributed by atoms with Crippen LogP contribution >= 0.6 is 0 Å². The van der Waals surface area contributed by atoms with Gasteiger partial charge in [-0.25, -0.2) is 4.98 Å². The lowest BCUT2D eigenvalue weighted by atomic mass is 10.0. The summed E-state index contributed by atoms with van der Waals surface area (Å²) in [6, 6.07) is 4.61. The predicted octanol–water partition coefficient (Wildman–Crippen LogP) is 2.32. The number of aromatic nitrogens is 3. The molecule has 0 aliphatic carbocycles. The van der Waals surface area contributed by atoms with Gasteiger partial charge in [-0.15, -0.1) is 0 Å². The molecule has 2 aliphatic heterocycles. The third kappa shape index (κ3) is 2.71. The molecule has 2 aromatic heterocycles. The Hall–Kier alpha value is -2.21. The van der Waals surface area contributed by atoms with Gasteiger partial charge in [0, 0.05) is 43.8 Å². The van der Waals surface area contributed by atoms with Gasteiger partial charge in [-0.3, -0.25) is 9.67 Å². The lowest BCUT2D eigenvalue weighted by Gasteiger charge is -2.24. The van der Waals surface area contributed by atoms with Crippen molar-refractivity contribution in [3.05, 3.63) is 40.8 Å². The summed E-state index contributed by atoms with van der Waals surface area (Å²) in [7, 11) is 1.99. The first-order chi connectivity index (χ1) is 11.8. The molecule has 2 aromatic rings. The molecule has 6 nitrogen and oxygen atoms in total. The maximum atomic E-state index is 5.45. The highest BCUT2D eigenvalue weighted by atomic mass is 16.5. The van der Waals surface area contributed by atoms with Crippen molar-refractivity contribution < 1.29 is 4.74 Å². The highest BCUT2D eigenvalue weighted by molar-refractivity contribution is 6.16. The van der Waals surface area contributed by atoms with Crippen LogP contribution in [0.1, 0.15) is 42.3 Å². The van der Waals surface area contributed by atoms with E-state index in [1.54, 1.807) is 0 Å². The maximum absolute atomic E-state index is 5.45. The minimum atomic E-state index is 0.412. The first-order valence-electron chi connectivity index (χ1n) is 8.66. The van der Waals surface area contributed by atoms with Gasteiger partial charge >= 0.3 is 0 Å². The van der Waals surface area contributed by atoms with Crippen LogP contribution < -0.4 is 5.32 Å². The summed E-state index contributed by atoms with van der Waals surface area (Å²) in [5.41, 5.74) is 5.45. The quantitative estimate of drug-likeness (QED) is 0.937. The lowest BCUT2D eigenvalue weighted by Crippen LogP contribution is -2.29. The molecular weight excluding hydrogens is 302 g/mol. The topological polar surface area (TPSA) is 64.3 Å². The molecule has 0 aromatic carbocycles. The van der Waals surface area contributed by atoms with Gasteiger partial charge in [-0.2, -0.15) is 5.10 Å². The summed E-state index contributed by atoms with van der Waals surface area (Å²) in [6.07, 6.45) is 4.86. The molecule has 24 heavy (non-hydrogen) atoms. The zero-order chi connectivity index (χ0) is 16.5. The molecule has 0 unspecified atom stereocenters. The van der Waals surface area contributed by atoms with Gasteiger partial charge in [0.25, 0.3) is 0 Å². The Morgan fingerprint density at radius 1 is 1.33 bits per heavy atom. The van der Waals surface area contributed by atoms with E-state index < -0.39 is 0 Å². The van der Waals surface area contributed by atoms with Gasteiger partial charge in [-0.1, -0.05) is 6.92 Å². The van der Waals surface area contributed by atoms with Crippen molar-refractivity contribution in [1.29, 1.82) is 0 Å². The molecule has 126 valence electrons. The van der Waals surface area contributed by atoms with Gasteiger partial charge in [-0.05, 0) is 37.0 Å². The van der Waals surface area contributed by atoms with Crippen LogP contribution in [0.4, 0.5) is 5.82 Å². The van der Waals surface area contributed by atoms with Crippen molar-refractivity contribution in [2.75, 3.05) is 18.5 Å². The van der Waals surface area contributed by atoms with Crippen molar-refractivity contribution in [2.24, 2.45) is 12.0 Å². The minimum absolute atomic E-state index is 0.412. The fraction of sp³-hybridized carbons (Fsp3) is 0.500. The Kier molecular flexibility index (Phi) is 4.06. The maximum Gasteiger partial charge on any atom is 0.136 e. The number of nitrogens with one attached hydrogen (secondary N) is 1. The fourth-order valence-electron chi connectivity index (χ4n) is 3.45. The van der Waals surface area contributed by atoms with Crippen molar-refractivity contribution in [1.82, 2.24) is 14.8 Å². The smallest absolute Gasteiger partial charge is 0.136 e. The first-order valence-corrected chi connectivity index (χ1v) is 8.66. The largest absolute Gasteiger partial charge is 0.381 e. The van der Waals surface area contributed by atoms with Crippen LogP contribution in [0.15, 0.2) is 23.3 Å². The molecule has 4 rings (SSSR count). The van der Waals surface area contributed by atoms with Gasteiger partial charge in [0.05, 0.1) is 12.3 Å². The van der Waals surface area contributed by atoms with E-state index in [0.717, 1.165) is 55.3 Å². The summed E-state index contributed by atoms with van der Waals surface area (Å²) < 4.78 is 7.39. The van der Waals surface area contributed by atoms with Crippen LogP contribution in [0.2, 0.25) is 0 Å². The molecule has 2 aliphatic rings. The number of nitrogens with zero attached hydrogens (tertiary/aromatic N) is 4. The SMILES string of the molecule is CCc1cc(C2=NCc3ccnc(NC4CCOCC4)c32)nn1C. The number of fused-ring (bicyclic) bond motifs is 1. The summed E-state index contributed by atoms with van der Waals surface area (Å²) in [5, 5.41) is 8.27. The summed E-state index contributed by atoms with van der Waals surface area (Å²) >= 11 is 0. The number of aliphatic imine (C=N–C) groups is 1. The second kappa shape index (κ2) is 6.36. The second-order valence-corrected chi connectivity index (χ2v) is 6.39. The lowest BCUT2D eigenvalue weighted by molar-refractivity contribution is 0.0904. The fourth-order valence-corrected chi connectivity index (χ4v) is 3.45. The van der Waals surface area contributed by atoms with Crippen LogP contribution in [-0.2, 0) is 24.8 Å². The van der Waals surface area contributed by atoms with E-state index >= 15 is 0 Å². The molecule has 0 radical (unpaired) electrons. The number of hydrogen-bond acceptors (Lipinski definition) is 5. The second-order valence-electron chi connectivity index (χ2n) is 6.39. The van der Waals surface area contributed by atoms with E-state index in [1.165, 1.54) is 11.3 Å². The van der Waals surface area contributed by atoms with Crippen molar-refractivity contribution in [2.45, 2.75) is 38.8 Å². The summed E-state index contributed by atoms with van der Waals surface area (Å²) in [6.45, 7) is 4.47.